The molecule has 10 nitrogen and oxygen atoms in total. The normalized spacial score (nSPS) is 13.1. The van der Waals surface area contributed by atoms with Gasteiger partial charge in [-0.25, -0.2) is 0 Å². The van der Waals surface area contributed by atoms with E-state index < -0.39 is 58.0 Å². The summed E-state index contributed by atoms with van der Waals surface area (Å²) < 4.78 is 2.68. The molecule has 21 heavy (non-hydrogen) atoms. The second-order valence-corrected chi connectivity index (χ2v) is 21.2. The number of carbonyl (C=O) groups is 4. The van der Waals surface area contributed by atoms with Gasteiger partial charge in [0, 0.05) is 0 Å². The number of aliphatic carboxylic acids is 4. The van der Waals surface area contributed by atoms with E-state index in [1.54, 1.807) is 0 Å². The number of hydrogen-bond acceptors (Lipinski definition) is 6. The molecule has 0 bridgehead atoms. The minimum atomic E-state index is -5.32. The van der Waals surface area contributed by atoms with Gasteiger partial charge < -0.3 is 0 Å². The third kappa shape index (κ3) is 6.18. The molecule has 0 radical (unpaired) electrons. The molecular formula is C10H19N2O8Re. The SMILES string of the molecule is NCC[NH][Re]([CH2]C(=O)O)([CH2]C(=O)O)([CH2]C(=O)O)[CH2]C(=O)O. The average Bonchev–Trinajstić information content (AvgIpc) is 2.21. The first-order valence-corrected chi connectivity index (χ1v) is 14.7. The van der Waals surface area contributed by atoms with Crippen LogP contribution in [-0.2, 0) is 33.7 Å². The number of nitrogens with two attached hydrogens (primary N) is 1. The van der Waals surface area contributed by atoms with Gasteiger partial charge in [0.15, 0.2) is 0 Å². The molecule has 0 amide bonds. The van der Waals surface area contributed by atoms with Crippen LogP contribution in [-0.4, -0.2) is 57.4 Å². The van der Waals surface area contributed by atoms with Crippen LogP contribution in [0.4, 0.5) is 0 Å². The molecule has 0 rings (SSSR count). The summed E-state index contributed by atoms with van der Waals surface area (Å²) in [5.41, 5.74) is 5.30. The second kappa shape index (κ2) is 7.46. The van der Waals surface area contributed by atoms with Gasteiger partial charge in [-0.05, 0) is 0 Å². The number of hydrogen-bond donors (Lipinski definition) is 6. The molecule has 0 saturated heterocycles. The van der Waals surface area contributed by atoms with Crippen molar-refractivity contribution in [3.8, 4) is 0 Å². The van der Waals surface area contributed by atoms with E-state index in [1.165, 1.54) is 0 Å². The Morgan fingerprint density at radius 2 is 1.05 bits per heavy atom. The van der Waals surface area contributed by atoms with E-state index in [9.17, 15) is 19.2 Å². The topological polar surface area (TPSA) is 187 Å². The van der Waals surface area contributed by atoms with Crippen molar-refractivity contribution in [1.82, 2.24) is 3.95 Å². The molecule has 124 valence electrons. The first kappa shape index (κ1) is 19.5. The summed E-state index contributed by atoms with van der Waals surface area (Å²) in [7, 11) is 0. The first-order chi connectivity index (χ1) is 9.54. The minimum absolute atomic E-state index is 0.000572. The molecule has 0 aromatic heterocycles. The van der Waals surface area contributed by atoms with E-state index in [4.69, 9.17) is 26.2 Å². The second-order valence-electron chi connectivity index (χ2n) is 4.45. The summed E-state index contributed by atoms with van der Waals surface area (Å²) in [5.74, 6) is -5.70. The zero-order valence-electron chi connectivity index (χ0n) is 11.1. The summed E-state index contributed by atoms with van der Waals surface area (Å²) in [6, 6.07) is 0. The van der Waals surface area contributed by atoms with E-state index in [0.29, 0.717) is 0 Å². The number of rotatable bonds is 11. The molecule has 0 unspecified atom stereocenters. The summed E-state index contributed by atoms with van der Waals surface area (Å²) >= 11 is -5.32. The summed E-state index contributed by atoms with van der Waals surface area (Å²) in [5, 5.41) is 36.2. The van der Waals surface area contributed by atoms with Gasteiger partial charge >= 0.3 is 120 Å². The van der Waals surface area contributed by atoms with E-state index in [2.05, 4.69) is 3.95 Å². The van der Waals surface area contributed by atoms with Gasteiger partial charge in [-0.15, -0.1) is 0 Å². The molecule has 0 atom stereocenters. The molecule has 0 fully saturated rings. The summed E-state index contributed by atoms with van der Waals surface area (Å²) in [6.45, 7) is -0.0378. The standard InChI is InChI=1S/C2H7N2.4C2H3O2.Re/c3-1-2-4;4*1-2(3)4;/h3H,1-2,4H2;4*1H2,(H,3,4);/q-1;;;;;+1. The van der Waals surface area contributed by atoms with Gasteiger partial charge in [-0.3, -0.25) is 0 Å². The number of nitrogens with one attached hydrogen (secondary N) is 1. The van der Waals surface area contributed by atoms with Crippen LogP contribution in [0.2, 0.25) is 19.6 Å². The maximum atomic E-state index is 11.1. The van der Waals surface area contributed by atoms with Crippen molar-refractivity contribution in [3.63, 3.8) is 0 Å². The van der Waals surface area contributed by atoms with Gasteiger partial charge in [0.05, 0.1) is 0 Å². The van der Waals surface area contributed by atoms with E-state index in [1.807, 2.05) is 0 Å². The van der Waals surface area contributed by atoms with Crippen molar-refractivity contribution in [2.24, 2.45) is 5.73 Å². The van der Waals surface area contributed by atoms with Gasteiger partial charge in [0.2, 0.25) is 0 Å². The van der Waals surface area contributed by atoms with Crippen LogP contribution < -0.4 is 9.68 Å². The average molecular weight is 481 g/mol. The van der Waals surface area contributed by atoms with Crippen molar-refractivity contribution < 1.29 is 54.2 Å². The van der Waals surface area contributed by atoms with Crippen LogP contribution in [0, 0.1) is 0 Å². The van der Waals surface area contributed by atoms with Crippen LogP contribution >= 0.6 is 0 Å². The fourth-order valence-corrected chi connectivity index (χ4v) is 16.3. The summed E-state index contributed by atoms with van der Waals surface area (Å²) in [4.78, 5) is 41.4. The predicted molar refractivity (Wildman–Crippen MR) is 66.8 cm³/mol. The molecule has 0 aromatic rings. The summed E-state index contributed by atoms with van der Waals surface area (Å²) in [6.07, 6.45) is 0. The van der Waals surface area contributed by atoms with Gasteiger partial charge in [-0.1, -0.05) is 0 Å². The Hall–Kier alpha value is -1.54. The zero-order chi connectivity index (χ0) is 16.7. The van der Waals surface area contributed by atoms with Crippen molar-refractivity contribution in [2.45, 2.75) is 19.6 Å². The van der Waals surface area contributed by atoms with Crippen LogP contribution in [0.5, 0.6) is 0 Å². The molecule has 0 saturated carbocycles. The van der Waals surface area contributed by atoms with Crippen molar-refractivity contribution in [2.75, 3.05) is 13.1 Å². The molecule has 0 aromatic carbocycles. The maximum absolute atomic E-state index is 11.1. The molecular weight excluding hydrogens is 462 g/mol. The van der Waals surface area contributed by atoms with Crippen molar-refractivity contribution in [3.05, 3.63) is 0 Å². The number of carboxylic acid groups (broad SMARTS) is 4. The Balaban J connectivity index is 6.04. The molecule has 11 heteroatoms. The quantitative estimate of drug-likeness (QED) is 0.217. The molecule has 0 aliphatic heterocycles. The Bertz CT molecular complexity index is 377. The van der Waals surface area contributed by atoms with Crippen LogP contribution in [0.1, 0.15) is 0 Å². The van der Waals surface area contributed by atoms with E-state index >= 15 is 0 Å². The van der Waals surface area contributed by atoms with Gasteiger partial charge in [0.25, 0.3) is 0 Å². The molecule has 7 N–H and O–H groups in total. The Labute approximate surface area is 121 Å². The Morgan fingerprint density at radius 3 is 1.24 bits per heavy atom. The molecule has 0 aliphatic carbocycles. The van der Waals surface area contributed by atoms with Gasteiger partial charge in [0.1, 0.15) is 0 Å². The number of carboxylic acids is 4. The van der Waals surface area contributed by atoms with E-state index in [-0.39, 0.29) is 13.1 Å². The molecule has 0 heterocycles. The van der Waals surface area contributed by atoms with Crippen LogP contribution in [0.25, 0.3) is 0 Å². The molecule has 0 aliphatic rings. The van der Waals surface area contributed by atoms with E-state index in [0.717, 1.165) is 0 Å². The van der Waals surface area contributed by atoms with Gasteiger partial charge in [-0.2, -0.15) is 0 Å². The van der Waals surface area contributed by atoms with Crippen molar-refractivity contribution >= 4 is 23.9 Å². The zero-order valence-corrected chi connectivity index (χ0v) is 13.8. The van der Waals surface area contributed by atoms with Crippen molar-refractivity contribution in [1.29, 1.82) is 0 Å². The third-order valence-corrected chi connectivity index (χ3v) is 19.2. The fraction of sp³-hybridized carbons (Fsp3) is 0.600. The first-order valence-electron chi connectivity index (χ1n) is 5.64. The predicted octanol–water partition coefficient (Wildman–Crippen LogP) is -0.849. The third-order valence-electron chi connectivity index (χ3n) is 2.48. The van der Waals surface area contributed by atoms with Crippen LogP contribution in [0.3, 0.4) is 0 Å². The van der Waals surface area contributed by atoms with Crippen LogP contribution in [0.15, 0.2) is 0 Å². The Kier molecular flexibility index (Phi) is 6.92. The monoisotopic (exact) mass is 482 g/mol. The molecule has 0 spiro atoms. The Morgan fingerprint density at radius 1 is 0.762 bits per heavy atom. The fourth-order valence-electron chi connectivity index (χ4n) is 1.99.